The van der Waals surface area contributed by atoms with Crippen LogP contribution in [0.25, 0.3) is 0 Å². The van der Waals surface area contributed by atoms with Crippen molar-refractivity contribution in [3.8, 4) is 0 Å². The van der Waals surface area contributed by atoms with Crippen LogP contribution < -0.4 is 5.73 Å². The topological polar surface area (TPSA) is 46.3 Å². The van der Waals surface area contributed by atoms with E-state index in [1.807, 2.05) is 20.8 Å². The van der Waals surface area contributed by atoms with Gasteiger partial charge in [-0.3, -0.25) is 4.79 Å². The van der Waals surface area contributed by atoms with E-state index in [0.29, 0.717) is 6.54 Å². The van der Waals surface area contributed by atoms with E-state index in [4.69, 9.17) is 5.73 Å². The fourth-order valence-corrected chi connectivity index (χ4v) is 1.59. The van der Waals surface area contributed by atoms with Crippen LogP contribution in [-0.2, 0) is 11.3 Å². The standard InChI is InChI=1S/C14H21FN2O.ClH/c1-14(2,3)12(16)13(18)17(4)9-10-6-5-7-11(15)8-10;/h5-8,12H,9,16H2,1-4H3;1H/t12-;/m1./s1. The average Bonchev–Trinajstić information content (AvgIpc) is 2.25. The van der Waals surface area contributed by atoms with Crippen molar-refractivity contribution in [1.29, 1.82) is 0 Å². The Bertz CT molecular complexity index is 432. The summed E-state index contributed by atoms with van der Waals surface area (Å²) in [6, 6.07) is 5.66. The molecule has 108 valence electrons. The maximum atomic E-state index is 13.0. The molecule has 0 heterocycles. The number of amides is 1. The number of halogens is 2. The number of nitrogens with two attached hydrogens (primary N) is 1. The minimum atomic E-state index is -0.559. The third-order valence-corrected chi connectivity index (χ3v) is 2.88. The fraction of sp³-hybridized carbons (Fsp3) is 0.500. The van der Waals surface area contributed by atoms with Crippen LogP contribution in [-0.4, -0.2) is 23.9 Å². The first-order chi connectivity index (χ1) is 8.21. The Labute approximate surface area is 120 Å². The van der Waals surface area contributed by atoms with Crippen LogP contribution in [0, 0.1) is 11.2 Å². The van der Waals surface area contributed by atoms with Gasteiger partial charge in [0.1, 0.15) is 5.82 Å². The molecule has 0 saturated heterocycles. The Morgan fingerprint density at radius 1 is 1.42 bits per heavy atom. The lowest BCUT2D eigenvalue weighted by atomic mass is 9.86. The molecule has 2 N–H and O–H groups in total. The van der Waals surface area contributed by atoms with Gasteiger partial charge >= 0.3 is 0 Å². The zero-order chi connectivity index (χ0) is 13.9. The van der Waals surface area contributed by atoms with Crippen LogP contribution in [0.1, 0.15) is 26.3 Å². The molecule has 5 heteroatoms. The first-order valence-electron chi connectivity index (χ1n) is 5.97. The SMILES string of the molecule is CN(Cc1cccc(F)c1)C(=O)[C@@H](N)C(C)(C)C.Cl. The predicted molar refractivity (Wildman–Crippen MR) is 77.6 cm³/mol. The maximum Gasteiger partial charge on any atom is 0.240 e. The molecule has 0 aliphatic carbocycles. The lowest BCUT2D eigenvalue weighted by Crippen LogP contribution is -2.48. The number of hydrogen-bond acceptors (Lipinski definition) is 2. The molecule has 19 heavy (non-hydrogen) atoms. The quantitative estimate of drug-likeness (QED) is 0.929. The monoisotopic (exact) mass is 288 g/mol. The molecule has 1 aromatic rings. The fourth-order valence-electron chi connectivity index (χ4n) is 1.59. The highest BCUT2D eigenvalue weighted by Gasteiger charge is 2.29. The molecule has 0 aromatic heterocycles. The first-order valence-corrected chi connectivity index (χ1v) is 5.97. The summed E-state index contributed by atoms with van der Waals surface area (Å²) >= 11 is 0. The Kier molecular flexibility index (Phi) is 6.46. The smallest absolute Gasteiger partial charge is 0.240 e. The van der Waals surface area contributed by atoms with Gasteiger partial charge in [-0.05, 0) is 23.1 Å². The summed E-state index contributed by atoms with van der Waals surface area (Å²) in [6.45, 7) is 6.13. The summed E-state index contributed by atoms with van der Waals surface area (Å²) < 4.78 is 13.0. The molecule has 0 radical (unpaired) electrons. The molecule has 1 amide bonds. The highest BCUT2D eigenvalue weighted by Crippen LogP contribution is 2.19. The van der Waals surface area contributed by atoms with Crippen molar-refractivity contribution < 1.29 is 9.18 Å². The van der Waals surface area contributed by atoms with Crippen molar-refractivity contribution in [2.45, 2.75) is 33.4 Å². The summed E-state index contributed by atoms with van der Waals surface area (Å²) in [5.74, 6) is -0.430. The summed E-state index contributed by atoms with van der Waals surface area (Å²) in [4.78, 5) is 13.6. The molecule has 1 atom stereocenters. The number of benzene rings is 1. The van der Waals surface area contributed by atoms with Crippen molar-refractivity contribution in [3.05, 3.63) is 35.6 Å². The molecule has 0 bridgehead atoms. The van der Waals surface area contributed by atoms with Gasteiger partial charge in [-0.15, -0.1) is 12.4 Å². The largest absolute Gasteiger partial charge is 0.340 e. The number of carbonyl (C=O) groups excluding carboxylic acids is 1. The Balaban J connectivity index is 0.00000324. The first kappa shape index (κ1) is 17.9. The second-order valence-corrected chi connectivity index (χ2v) is 5.67. The van der Waals surface area contributed by atoms with Crippen LogP contribution in [0.4, 0.5) is 4.39 Å². The lowest BCUT2D eigenvalue weighted by Gasteiger charge is -2.30. The zero-order valence-corrected chi connectivity index (χ0v) is 12.6. The highest BCUT2D eigenvalue weighted by atomic mass is 35.5. The summed E-state index contributed by atoms with van der Waals surface area (Å²) in [5.41, 5.74) is 6.39. The maximum absolute atomic E-state index is 13.0. The number of nitrogens with zero attached hydrogens (tertiary/aromatic N) is 1. The van der Waals surface area contributed by atoms with E-state index in [1.54, 1.807) is 19.2 Å². The molecule has 0 aliphatic rings. The second kappa shape index (κ2) is 6.87. The molecule has 0 aliphatic heterocycles. The van der Waals surface area contributed by atoms with Crippen LogP contribution in [0.3, 0.4) is 0 Å². The predicted octanol–water partition coefficient (Wildman–Crippen LogP) is 2.58. The van der Waals surface area contributed by atoms with Gasteiger partial charge in [0.2, 0.25) is 5.91 Å². The number of hydrogen-bond donors (Lipinski definition) is 1. The highest BCUT2D eigenvalue weighted by molar-refractivity contribution is 5.85. The Hall–Kier alpha value is -1.13. The van der Waals surface area contributed by atoms with E-state index in [1.165, 1.54) is 17.0 Å². The molecule has 0 spiro atoms. The van der Waals surface area contributed by atoms with Gasteiger partial charge in [-0.1, -0.05) is 32.9 Å². The van der Waals surface area contributed by atoms with E-state index < -0.39 is 6.04 Å². The number of carbonyl (C=O) groups is 1. The molecule has 0 saturated carbocycles. The van der Waals surface area contributed by atoms with Gasteiger partial charge in [-0.25, -0.2) is 4.39 Å². The normalized spacial score (nSPS) is 12.5. The number of likely N-dealkylation sites (N-methyl/N-ethyl adjacent to an activating group) is 1. The Morgan fingerprint density at radius 2 is 2.00 bits per heavy atom. The van der Waals surface area contributed by atoms with E-state index in [-0.39, 0.29) is 29.5 Å². The van der Waals surface area contributed by atoms with Gasteiger partial charge in [0.25, 0.3) is 0 Å². The average molecular weight is 289 g/mol. The van der Waals surface area contributed by atoms with Crippen LogP contribution in [0.2, 0.25) is 0 Å². The lowest BCUT2D eigenvalue weighted by molar-refractivity contribution is -0.134. The third-order valence-electron chi connectivity index (χ3n) is 2.88. The van der Waals surface area contributed by atoms with Crippen molar-refractivity contribution in [2.75, 3.05) is 7.05 Å². The molecular formula is C14H22ClFN2O. The van der Waals surface area contributed by atoms with E-state index >= 15 is 0 Å². The van der Waals surface area contributed by atoms with E-state index in [0.717, 1.165) is 5.56 Å². The zero-order valence-electron chi connectivity index (χ0n) is 11.8. The van der Waals surface area contributed by atoms with Crippen molar-refractivity contribution in [3.63, 3.8) is 0 Å². The second-order valence-electron chi connectivity index (χ2n) is 5.67. The van der Waals surface area contributed by atoms with Gasteiger partial charge in [0.15, 0.2) is 0 Å². The molecular weight excluding hydrogens is 267 g/mol. The van der Waals surface area contributed by atoms with Gasteiger partial charge in [0, 0.05) is 13.6 Å². The summed E-state index contributed by atoms with van der Waals surface area (Å²) in [6.07, 6.45) is 0. The molecule has 1 rings (SSSR count). The van der Waals surface area contributed by atoms with Crippen LogP contribution in [0.5, 0.6) is 0 Å². The van der Waals surface area contributed by atoms with Crippen LogP contribution in [0.15, 0.2) is 24.3 Å². The van der Waals surface area contributed by atoms with Gasteiger partial charge in [0.05, 0.1) is 6.04 Å². The number of rotatable bonds is 3. The van der Waals surface area contributed by atoms with Gasteiger partial charge < -0.3 is 10.6 Å². The summed E-state index contributed by atoms with van der Waals surface area (Å²) in [5, 5.41) is 0. The molecule has 1 aromatic carbocycles. The van der Waals surface area contributed by atoms with E-state index in [9.17, 15) is 9.18 Å². The Morgan fingerprint density at radius 3 is 2.47 bits per heavy atom. The van der Waals surface area contributed by atoms with Crippen LogP contribution >= 0.6 is 12.4 Å². The van der Waals surface area contributed by atoms with E-state index in [2.05, 4.69) is 0 Å². The molecule has 0 fully saturated rings. The van der Waals surface area contributed by atoms with Crippen molar-refractivity contribution in [1.82, 2.24) is 4.90 Å². The minimum absolute atomic E-state index is 0. The van der Waals surface area contributed by atoms with Crippen molar-refractivity contribution >= 4 is 18.3 Å². The molecule has 0 unspecified atom stereocenters. The third kappa shape index (κ3) is 5.17. The van der Waals surface area contributed by atoms with Crippen molar-refractivity contribution in [2.24, 2.45) is 11.1 Å². The summed E-state index contributed by atoms with van der Waals surface area (Å²) in [7, 11) is 1.68. The molecule has 3 nitrogen and oxygen atoms in total. The minimum Gasteiger partial charge on any atom is -0.340 e. The van der Waals surface area contributed by atoms with Gasteiger partial charge in [-0.2, -0.15) is 0 Å².